The van der Waals surface area contributed by atoms with Gasteiger partial charge >= 0.3 is 0 Å². The molecule has 2 heterocycles. The second kappa shape index (κ2) is 6.35. The van der Waals surface area contributed by atoms with E-state index in [1.54, 1.807) is 11.3 Å². The molecule has 0 aromatic carbocycles. The Labute approximate surface area is 119 Å². The lowest BCUT2D eigenvalue weighted by Gasteiger charge is -2.33. The van der Waals surface area contributed by atoms with E-state index in [2.05, 4.69) is 28.6 Å². The van der Waals surface area contributed by atoms with Gasteiger partial charge in [0.15, 0.2) is 9.84 Å². The largest absolute Gasteiger partial charge is 0.311 e. The summed E-state index contributed by atoms with van der Waals surface area (Å²) >= 11 is 1.78. The molecule has 1 saturated heterocycles. The maximum atomic E-state index is 11.5. The number of thiophene rings is 1. The summed E-state index contributed by atoms with van der Waals surface area (Å²) in [4.78, 5) is 3.64. The minimum atomic E-state index is -2.80. The van der Waals surface area contributed by atoms with Crippen molar-refractivity contribution in [1.29, 1.82) is 0 Å². The van der Waals surface area contributed by atoms with Crippen LogP contribution in [0.2, 0.25) is 0 Å². The Morgan fingerprint density at radius 1 is 1.53 bits per heavy atom. The Hall–Kier alpha value is -0.430. The summed E-state index contributed by atoms with van der Waals surface area (Å²) in [5.74, 6) is 0.610. The zero-order valence-corrected chi connectivity index (χ0v) is 13.2. The van der Waals surface area contributed by atoms with E-state index in [1.165, 1.54) is 10.4 Å². The van der Waals surface area contributed by atoms with Gasteiger partial charge in [0.05, 0.1) is 11.5 Å². The highest BCUT2D eigenvalue weighted by molar-refractivity contribution is 7.91. The summed E-state index contributed by atoms with van der Waals surface area (Å²) in [5.41, 5.74) is 1.34. The highest BCUT2D eigenvalue weighted by atomic mass is 32.2. The van der Waals surface area contributed by atoms with Crippen LogP contribution in [0.1, 0.15) is 17.4 Å². The molecule has 1 N–H and O–H groups in total. The molecule has 0 aliphatic carbocycles. The molecule has 1 aromatic heterocycles. The molecule has 0 bridgehead atoms. The molecule has 1 fully saturated rings. The van der Waals surface area contributed by atoms with Gasteiger partial charge in [-0.1, -0.05) is 0 Å². The van der Waals surface area contributed by atoms with Gasteiger partial charge in [-0.3, -0.25) is 4.90 Å². The fourth-order valence-electron chi connectivity index (χ4n) is 2.37. The van der Waals surface area contributed by atoms with E-state index < -0.39 is 9.84 Å². The van der Waals surface area contributed by atoms with Crippen molar-refractivity contribution in [3.63, 3.8) is 0 Å². The van der Waals surface area contributed by atoms with Crippen molar-refractivity contribution in [2.75, 3.05) is 31.1 Å². The van der Waals surface area contributed by atoms with Gasteiger partial charge in [0.2, 0.25) is 0 Å². The lowest BCUT2D eigenvalue weighted by Crippen LogP contribution is -2.48. The molecular weight excluding hydrogens is 280 g/mol. The van der Waals surface area contributed by atoms with Crippen LogP contribution in [0.25, 0.3) is 0 Å². The molecule has 0 amide bonds. The molecule has 1 aromatic rings. The fourth-order valence-corrected chi connectivity index (χ4v) is 4.88. The second-order valence-electron chi connectivity index (χ2n) is 5.20. The predicted octanol–water partition coefficient (Wildman–Crippen LogP) is 1.27. The van der Waals surface area contributed by atoms with Gasteiger partial charge in [-0.2, -0.15) is 0 Å². The monoisotopic (exact) mass is 302 g/mol. The molecular formula is C13H22N2O2S2. The predicted molar refractivity (Wildman–Crippen MR) is 80.5 cm³/mol. The van der Waals surface area contributed by atoms with Gasteiger partial charge in [0.25, 0.3) is 0 Å². The summed E-state index contributed by atoms with van der Waals surface area (Å²) in [5, 5.41) is 5.55. The second-order valence-corrected chi connectivity index (χ2v) is 8.43. The first-order valence-corrected chi connectivity index (χ1v) is 9.36. The van der Waals surface area contributed by atoms with Gasteiger partial charge in [-0.05, 0) is 30.9 Å². The average Bonchev–Trinajstić information content (AvgIpc) is 2.72. The third-order valence-electron chi connectivity index (χ3n) is 3.64. The SMILES string of the molecule is Cc1ccsc1CNCCN1CCS(=O)(=O)CC1C. The zero-order valence-electron chi connectivity index (χ0n) is 11.6. The summed E-state index contributed by atoms with van der Waals surface area (Å²) < 4.78 is 23.0. The number of sulfone groups is 1. The molecule has 1 atom stereocenters. The number of nitrogens with one attached hydrogen (secondary N) is 1. The summed E-state index contributed by atoms with van der Waals surface area (Å²) in [6.45, 7) is 7.53. The molecule has 19 heavy (non-hydrogen) atoms. The third-order valence-corrected chi connectivity index (χ3v) is 6.46. The molecule has 4 nitrogen and oxygen atoms in total. The van der Waals surface area contributed by atoms with Crippen molar-refractivity contribution >= 4 is 21.2 Å². The molecule has 0 spiro atoms. The maximum Gasteiger partial charge on any atom is 0.153 e. The van der Waals surface area contributed by atoms with E-state index in [-0.39, 0.29) is 6.04 Å². The van der Waals surface area contributed by atoms with Crippen LogP contribution >= 0.6 is 11.3 Å². The van der Waals surface area contributed by atoms with Crippen LogP contribution in [0.5, 0.6) is 0 Å². The summed E-state index contributed by atoms with van der Waals surface area (Å²) in [6, 6.07) is 2.28. The van der Waals surface area contributed by atoms with Gasteiger partial charge in [-0.15, -0.1) is 11.3 Å². The lowest BCUT2D eigenvalue weighted by molar-refractivity contribution is 0.227. The van der Waals surface area contributed by atoms with Crippen LogP contribution in [0.3, 0.4) is 0 Å². The topological polar surface area (TPSA) is 49.4 Å². The van der Waals surface area contributed by atoms with Crippen molar-refractivity contribution in [3.05, 3.63) is 21.9 Å². The Morgan fingerprint density at radius 3 is 2.95 bits per heavy atom. The first-order chi connectivity index (χ1) is 8.98. The van der Waals surface area contributed by atoms with Crippen molar-refractivity contribution in [1.82, 2.24) is 10.2 Å². The first-order valence-electron chi connectivity index (χ1n) is 6.66. The minimum absolute atomic E-state index is 0.143. The standard InChI is InChI=1S/C13H22N2O2S2/c1-11-3-7-18-13(11)9-14-4-5-15-6-8-19(16,17)10-12(15)2/h3,7,12,14H,4-6,8-10H2,1-2H3. The lowest BCUT2D eigenvalue weighted by atomic mass is 10.3. The van der Waals surface area contributed by atoms with Crippen molar-refractivity contribution < 1.29 is 8.42 Å². The van der Waals surface area contributed by atoms with E-state index in [0.29, 0.717) is 18.1 Å². The van der Waals surface area contributed by atoms with Crippen LogP contribution in [-0.4, -0.2) is 50.5 Å². The van der Waals surface area contributed by atoms with Crippen LogP contribution in [0, 0.1) is 6.92 Å². The third kappa shape index (κ3) is 4.27. The summed E-state index contributed by atoms with van der Waals surface area (Å²) in [6.07, 6.45) is 0. The van der Waals surface area contributed by atoms with E-state index >= 15 is 0 Å². The number of hydrogen-bond donors (Lipinski definition) is 1. The van der Waals surface area contributed by atoms with Gasteiger partial charge < -0.3 is 5.32 Å². The first kappa shape index (κ1) is 15.0. The van der Waals surface area contributed by atoms with Crippen LogP contribution in [0.15, 0.2) is 11.4 Å². The van der Waals surface area contributed by atoms with E-state index in [4.69, 9.17) is 0 Å². The van der Waals surface area contributed by atoms with Gasteiger partial charge in [-0.25, -0.2) is 8.42 Å². The van der Waals surface area contributed by atoms with E-state index in [0.717, 1.165) is 19.6 Å². The molecule has 0 radical (unpaired) electrons. The van der Waals surface area contributed by atoms with E-state index in [1.807, 2.05) is 6.92 Å². The van der Waals surface area contributed by atoms with Crippen LogP contribution < -0.4 is 5.32 Å². The highest BCUT2D eigenvalue weighted by Gasteiger charge is 2.27. The van der Waals surface area contributed by atoms with Crippen molar-refractivity contribution in [2.24, 2.45) is 0 Å². The fraction of sp³-hybridized carbons (Fsp3) is 0.692. The number of hydrogen-bond acceptors (Lipinski definition) is 5. The minimum Gasteiger partial charge on any atom is -0.311 e. The highest BCUT2D eigenvalue weighted by Crippen LogP contribution is 2.15. The molecule has 6 heteroatoms. The molecule has 1 aliphatic rings. The quantitative estimate of drug-likeness (QED) is 0.832. The Balaban J connectivity index is 1.70. The smallest absolute Gasteiger partial charge is 0.153 e. The van der Waals surface area contributed by atoms with Gasteiger partial charge in [0.1, 0.15) is 0 Å². The van der Waals surface area contributed by atoms with Crippen molar-refractivity contribution in [2.45, 2.75) is 26.4 Å². The Morgan fingerprint density at radius 2 is 2.32 bits per heavy atom. The molecule has 1 unspecified atom stereocenters. The number of aryl methyl sites for hydroxylation is 1. The zero-order chi connectivity index (χ0) is 13.9. The molecule has 1 aliphatic heterocycles. The van der Waals surface area contributed by atoms with E-state index in [9.17, 15) is 8.42 Å². The van der Waals surface area contributed by atoms with Crippen molar-refractivity contribution in [3.8, 4) is 0 Å². The summed E-state index contributed by atoms with van der Waals surface area (Å²) in [7, 11) is -2.80. The van der Waals surface area contributed by atoms with Crippen LogP contribution in [-0.2, 0) is 16.4 Å². The van der Waals surface area contributed by atoms with Crippen LogP contribution in [0.4, 0.5) is 0 Å². The normalized spacial score (nSPS) is 23.6. The average molecular weight is 302 g/mol. The maximum absolute atomic E-state index is 11.5. The molecule has 0 saturated carbocycles. The Kier molecular flexibility index (Phi) is 5.00. The van der Waals surface area contributed by atoms with Gasteiger partial charge in [0, 0.05) is 37.1 Å². The number of nitrogens with zero attached hydrogens (tertiary/aromatic N) is 1. The molecule has 108 valence electrons. The Bertz CT molecular complexity index is 510. The number of rotatable bonds is 5. The molecule has 2 rings (SSSR count).